The molecule has 2 N–H and O–H groups in total. The Morgan fingerprint density at radius 3 is 2.64 bits per heavy atom. The number of phenols is 1. The van der Waals surface area contributed by atoms with Gasteiger partial charge in [0.05, 0.1) is 5.02 Å². The second kappa shape index (κ2) is 4.33. The van der Waals surface area contributed by atoms with Gasteiger partial charge in [0.2, 0.25) is 0 Å². The highest BCUT2D eigenvalue weighted by atomic mass is 35.5. The minimum atomic E-state index is -0.850. The van der Waals surface area contributed by atoms with E-state index in [0.29, 0.717) is 11.4 Å². The summed E-state index contributed by atoms with van der Waals surface area (Å²) in [6.45, 7) is 1.77. The number of carbonyl (C=O) groups is 1. The van der Waals surface area contributed by atoms with Crippen LogP contribution in [0.25, 0.3) is 0 Å². The van der Waals surface area contributed by atoms with Gasteiger partial charge in [-0.15, -0.1) is 0 Å². The molecule has 1 aromatic carbocycles. The molecule has 0 atom stereocenters. The van der Waals surface area contributed by atoms with E-state index in [4.69, 9.17) is 16.7 Å². The van der Waals surface area contributed by atoms with Crippen LogP contribution in [0.5, 0.6) is 5.75 Å². The zero-order chi connectivity index (χ0) is 10.7. The van der Waals surface area contributed by atoms with Crippen LogP contribution in [0, 0.1) is 6.92 Å². The van der Waals surface area contributed by atoms with E-state index in [0.717, 1.165) is 11.1 Å². The van der Waals surface area contributed by atoms with Gasteiger partial charge in [-0.2, -0.15) is 0 Å². The molecule has 0 saturated heterocycles. The van der Waals surface area contributed by atoms with Crippen LogP contribution in [0.4, 0.5) is 0 Å². The van der Waals surface area contributed by atoms with E-state index >= 15 is 0 Å². The van der Waals surface area contributed by atoms with Gasteiger partial charge < -0.3 is 10.2 Å². The average Bonchev–Trinajstić information content (AvgIpc) is 2.10. The summed E-state index contributed by atoms with van der Waals surface area (Å²) in [7, 11) is 0. The first-order valence-corrected chi connectivity index (χ1v) is 4.58. The standard InChI is InChI=1S/C10H11ClO3/c1-6-4-7(2-3-9(13)14)5-8(12)10(6)11/h4-5,12H,2-3H2,1H3,(H,13,14). The van der Waals surface area contributed by atoms with Gasteiger partial charge in [0, 0.05) is 6.42 Å². The molecule has 0 radical (unpaired) electrons. The number of phenolic OH excluding ortho intramolecular Hbond substituents is 1. The van der Waals surface area contributed by atoms with E-state index in [1.54, 1.807) is 13.0 Å². The summed E-state index contributed by atoms with van der Waals surface area (Å²) >= 11 is 5.75. The van der Waals surface area contributed by atoms with Crippen LogP contribution in [-0.2, 0) is 11.2 Å². The number of hydrogen-bond donors (Lipinski definition) is 2. The molecule has 0 aliphatic rings. The number of halogens is 1. The van der Waals surface area contributed by atoms with Crippen LogP contribution in [0.15, 0.2) is 12.1 Å². The number of carboxylic acid groups (broad SMARTS) is 1. The van der Waals surface area contributed by atoms with Crippen molar-refractivity contribution < 1.29 is 15.0 Å². The third-order valence-electron chi connectivity index (χ3n) is 1.92. The van der Waals surface area contributed by atoms with Gasteiger partial charge >= 0.3 is 5.97 Å². The summed E-state index contributed by atoms with van der Waals surface area (Å²) < 4.78 is 0. The van der Waals surface area contributed by atoms with Gasteiger partial charge in [0.15, 0.2) is 0 Å². The Hall–Kier alpha value is -1.22. The summed E-state index contributed by atoms with van der Waals surface area (Å²) in [5, 5.41) is 18.2. The van der Waals surface area contributed by atoms with Crippen molar-refractivity contribution in [2.75, 3.05) is 0 Å². The van der Waals surface area contributed by atoms with Gasteiger partial charge in [0.1, 0.15) is 5.75 Å². The fraction of sp³-hybridized carbons (Fsp3) is 0.300. The molecule has 0 fully saturated rings. The normalized spacial score (nSPS) is 10.1. The van der Waals surface area contributed by atoms with Crippen LogP contribution in [0.3, 0.4) is 0 Å². The zero-order valence-corrected chi connectivity index (χ0v) is 8.51. The first-order valence-electron chi connectivity index (χ1n) is 4.20. The summed E-state index contributed by atoms with van der Waals surface area (Å²) in [5.41, 5.74) is 1.54. The molecule has 0 aromatic heterocycles. The maximum Gasteiger partial charge on any atom is 0.303 e. The summed E-state index contributed by atoms with van der Waals surface area (Å²) in [4.78, 5) is 10.3. The Morgan fingerprint density at radius 2 is 2.14 bits per heavy atom. The quantitative estimate of drug-likeness (QED) is 0.812. The highest BCUT2D eigenvalue weighted by Crippen LogP contribution is 2.28. The van der Waals surface area contributed by atoms with Crippen LogP contribution in [0.2, 0.25) is 5.02 Å². The first-order chi connectivity index (χ1) is 6.50. The van der Waals surface area contributed by atoms with Crippen molar-refractivity contribution in [1.29, 1.82) is 0 Å². The molecule has 0 unspecified atom stereocenters. The molecule has 0 spiro atoms. The Morgan fingerprint density at radius 1 is 1.50 bits per heavy atom. The Labute approximate surface area is 86.9 Å². The number of aliphatic carboxylic acids is 1. The lowest BCUT2D eigenvalue weighted by Crippen LogP contribution is -1.97. The van der Waals surface area contributed by atoms with Crippen LogP contribution >= 0.6 is 11.6 Å². The van der Waals surface area contributed by atoms with Crippen molar-refractivity contribution >= 4 is 17.6 Å². The average molecular weight is 215 g/mol. The van der Waals surface area contributed by atoms with Crippen molar-refractivity contribution in [3.8, 4) is 5.75 Å². The monoisotopic (exact) mass is 214 g/mol. The van der Waals surface area contributed by atoms with E-state index in [1.165, 1.54) is 6.07 Å². The third-order valence-corrected chi connectivity index (χ3v) is 2.41. The highest BCUT2D eigenvalue weighted by molar-refractivity contribution is 6.32. The number of benzene rings is 1. The van der Waals surface area contributed by atoms with Crippen LogP contribution < -0.4 is 0 Å². The fourth-order valence-electron chi connectivity index (χ4n) is 1.22. The Balaban J connectivity index is 2.84. The highest BCUT2D eigenvalue weighted by Gasteiger charge is 2.06. The zero-order valence-electron chi connectivity index (χ0n) is 7.75. The Kier molecular flexibility index (Phi) is 3.36. The van der Waals surface area contributed by atoms with E-state index in [2.05, 4.69) is 0 Å². The third kappa shape index (κ3) is 2.64. The maximum atomic E-state index is 10.3. The lowest BCUT2D eigenvalue weighted by Gasteiger charge is -2.05. The lowest BCUT2D eigenvalue weighted by atomic mass is 10.1. The molecular weight excluding hydrogens is 204 g/mol. The van der Waals surface area contributed by atoms with Crippen molar-refractivity contribution in [1.82, 2.24) is 0 Å². The van der Waals surface area contributed by atoms with Crippen molar-refractivity contribution in [3.05, 3.63) is 28.3 Å². The van der Waals surface area contributed by atoms with E-state index in [-0.39, 0.29) is 12.2 Å². The van der Waals surface area contributed by atoms with Crippen LogP contribution in [-0.4, -0.2) is 16.2 Å². The lowest BCUT2D eigenvalue weighted by molar-refractivity contribution is -0.136. The van der Waals surface area contributed by atoms with Crippen molar-refractivity contribution in [2.24, 2.45) is 0 Å². The number of hydrogen-bond acceptors (Lipinski definition) is 2. The molecule has 3 nitrogen and oxygen atoms in total. The molecule has 0 amide bonds. The SMILES string of the molecule is Cc1cc(CCC(=O)O)cc(O)c1Cl. The Bertz CT molecular complexity index is 337. The molecule has 4 heteroatoms. The molecular formula is C10H11ClO3. The summed E-state index contributed by atoms with van der Waals surface area (Å²) in [6, 6.07) is 3.28. The maximum absolute atomic E-state index is 10.3. The largest absolute Gasteiger partial charge is 0.506 e. The minimum Gasteiger partial charge on any atom is -0.506 e. The molecule has 0 bridgehead atoms. The fourth-order valence-corrected chi connectivity index (χ4v) is 1.33. The predicted octanol–water partition coefficient (Wildman–Crippen LogP) is 2.37. The number of carboxylic acids is 1. The second-order valence-corrected chi connectivity index (χ2v) is 3.52. The van der Waals surface area contributed by atoms with E-state index in [9.17, 15) is 9.90 Å². The van der Waals surface area contributed by atoms with E-state index < -0.39 is 5.97 Å². The molecule has 14 heavy (non-hydrogen) atoms. The number of aromatic hydroxyl groups is 1. The molecule has 0 saturated carbocycles. The molecule has 0 aliphatic carbocycles. The first kappa shape index (κ1) is 10.9. The summed E-state index contributed by atoms with van der Waals surface area (Å²) in [6.07, 6.45) is 0.460. The topological polar surface area (TPSA) is 57.5 Å². The molecule has 1 aromatic rings. The molecule has 1 rings (SSSR count). The van der Waals surface area contributed by atoms with Gasteiger partial charge in [-0.05, 0) is 30.5 Å². The van der Waals surface area contributed by atoms with Crippen LogP contribution in [0.1, 0.15) is 17.5 Å². The number of aryl methyl sites for hydroxylation is 2. The van der Waals surface area contributed by atoms with Crippen molar-refractivity contribution in [3.63, 3.8) is 0 Å². The van der Waals surface area contributed by atoms with Gasteiger partial charge in [-0.3, -0.25) is 4.79 Å². The minimum absolute atomic E-state index is 0.00653. The van der Waals surface area contributed by atoms with Gasteiger partial charge in [-0.1, -0.05) is 17.7 Å². The van der Waals surface area contributed by atoms with Gasteiger partial charge in [-0.25, -0.2) is 0 Å². The molecule has 0 heterocycles. The number of rotatable bonds is 3. The molecule has 0 aliphatic heterocycles. The van der Waals surface area contributed by atoms with Crippen molar-refractivity contribution in [2.45, 2.75) is 19.8 Å². The summed E-state index contributed by atoms with van der Waals surface area (Å²) in [5.74, 6) is -0.843. The second-order valence-electron chi connectivity index (χ2n) is 3.14. The van der Waals surface area contributed by atoms with E-state index in [1.807, 2.05) is 0 Å². The smallest absolute Gasteiger partial charge is 0.303 e. The molecule has 76 valence electrons. The predicted molar refractivity (Wildman–Crippen MR) is 53.8 cm³/mol. The van der Waals surface area contributed by atoms with Gasteiger partial charge in [0.25, 0.3) is 0 Å².